The van der Waals surface area contributed by atoms with Gasteiger partial charge < -0.3 is 29.1 Å². The molecule has 5 heterocycles. The Morgan fingerprint density at radius 1 is 1.00 bits per heavy atom. The first kappa shape index (κ1) is 28.3. The summed E-state index contributed by atoms with van der Waals surface area (Å²) in [6, 6.07) is -1.59. The Kier molecular flexibility index (Phi) is 8.20. The molecule has 1 unspecified atom stereocenters. The van der Waals surface area contributed by atoms with E-state index in [-0.39, 0.29) is 30.9 Å². The third-order valence-corrected chi connectivity index (χ3v) is 9.13. The number of ether oxygens (including phenoxy) is 3. The molecule has 39 heavy (non-hydrogen) atoms. The Morgan fingerprint density at radius 2 is 1.77 bits per heavy atom. The normalized spacial score (nSPS) is 37.3. The Bertz CT molecular complexity index is 1010. The fourth-order valence-corrected chi connectivity index (χ4v) is 7.05. The lowest BCUT2D eigenvalue weighted by atomic mass is 9.74. The highest BCUT2D eigenvalue weighted by Crippen LogP contribution is 2.57. The highest BCUT2D eigenvalue weighted by atomic mass is 16.6. The van der Waals surface area contributed by atoms with E-state index in [0.29, 0.717) is 32.8 Å². The fraction of sp³-hybridized carbons (Fsp3) is 0.759. The number of hydrogen-bond donors (Lipinski definition) is 1. The summed E-state index contributed by atoms with van der Waals surface area (Å²) in [7, 11) is 0. The fourth-order valence-electron chi connectivity index (χ4n) is 7.05. The Labute approximate surface area is 230 Å². The molecular weight excluding hydrogens is 502 g/mol. The molecule has 0 aromatic heterocycles. The summed E-state index contributed by atoms with van der Waals surface area (Å²) in [6.45, 7) is 10.2. The van der Waals surface area contributed by atoms with Crippen molar-refractivity contribution >= 4 is 17.8 Å². The molecule has 2 amide bonds. The highest BCUT2D eigenvalue weighted by Gasteiger charge is 2.75. The van der Waals surface area contributed by atoms with Crippen LogP contribution >= 0.6 is 0 Å². The van der Waals surface area contributed by atoms with Crippen LogP contribution in [-0.2, 0) is 28.6 Å². The van der Waals surface area contributed by atoms with E-state index >= 15 is 0 Å². The molecule has 5 aliphatic rings. The molecule has 5 aliphatic heterocycles. The van der Waals surface area contributed by atoms with Crippen molar-refractivity contribution < 1.29 is 33.7 Å². The van der Waals surface area contributed by atoms with Crippen LogP contribution in [0.15, 0.2) is 24.3 Å². The largest absolute Gasteiger partial charge is 0.465 e. The van der Waals surface area contributed by atoms with Crippen LogP contribution in [0.3, 0.4) is 0 Å². The standard InChI is InChI=1S/C29H43N3O7/c1-20(2)21(19-33)32-24-26(35)31(13-12-30-14-17-37-18-15-30)11-8-10-29(24)22(25(32)34)23-27(36)38-16-7-5-4-6-9-28(23,3)39-29/h6,8-10,20-24,33H,4-5,7,11-19H2,1-3H3/b9-6-/t21-,22-,23+,24?,28-,29-/m0/s1. The van der Waals surface area contributed by atoms with Crippen molar-refractivity contribution in [3.8, 4) is 0 Å². The summed E-state index contributed by atoms with van der Waals surface area (Å²) < 4.78 is 18.0. The van der Waals surface area contributed by atoms with Gasteiger partial charge in [0.25, 0.3) is 0 Å². The minimum atomic E-state index is -1.35. The Balaban J connectivity index is 1.55. The molecule has 0 aromatic rings. The summed E-state index contributed by atoms with van der Waals surface area (Å²) in [5.41, 5.74) is -2.46. The Hall–Kier alpha value is -2.27. The lowest BCUT2D eigenvalue weighted by molar-refractivity contribution is -0.162. The molecule has 0 radical (unpaired) electrons. The first-order chi connectivity index (χ1) is 18.7. The number of amides is 2. The molecule has 1 spiro atoms. The van der Waals surface area contributed by atoms with Crippen LogP contribution in [0.2, 0.25) is 0 Å². The van der Waals surface area contributed by atoms with Crippen molar-refractivity contribution in [3.05, 3.63) is 24.3 Å². The number of esters is 1. The van der Waals surface area contributed by atoms with Gasteiger partial charge in [0.1, 0.15) is 17.6 Å². The molecule has 3 saturated heterocycles. The van der Waals surface area contributed by atoms with Crippen LogP contribution in [-0.4, -0.2) is 120 Å². The topological polar surface area (TPSA) is 109 Å². The average molecular weight is 546 g/mol. The predicted octanol–water partition coefficient (Wildman–Crippen LogP) is 0.988. The van der Waals surface area contributed by atoms with Crippen LogP contribution in [0.1, 0.15) is 40.0 Å². The van der Waals surface area contributed by atoms with Gasteiger partial charge in [-0.15, -0.1) is 0 Å². The molecule has 0 aromatic carbocycles. The van der Waals surface area contributed by atoms with Gasteiger partial charge in [0.15, 0.2) is 0 Å². The quantitative estimate of drug-likeness (QED) is 0.389. The number of likely N-dealkylation sites (tertiary alicyclic amines) is 1. The number of aliphatic hydroxyl groups is 1. The number of carbonyl (C=O) groups excluding carboxylic acids is 3. The third kappa shape index (κ3) is 4.94. The summed E-state index contributed by atoms with van der Waals surface area (Å²) >= 11 is 0. The predicted molar refractivity (Wildman–Crippen MR) is 142 cm³/mol. The molecule has 0 bridgehead atoms. The van der Waals surface area contributed by atoms with Gasteiger partial charge in [-0.25, -0.2) is 0 Å². The minimum Gasteiger partial charge on any atom is -0.465 e. The zero-order valence-corrected chi connectivity index (χ0v) is 23.4. The van der Waals surface area contributed by atoms with E-state index in [9.17, 15) is 19.5 Å². The highest BCUT2D eigenvalue weighted by molar-refractivity contribution is 5.99. The van der Waals surface area contributed by atoms with Crippen molar-refractivity contribution in [1.82, 2.24) is 14.7 Å². The molecule has 10 heteroatoms. The number of cyclic esters (lactones) is 1. The van der Waals surface area contributed by atoms with E-state index in [2.05, 4.69) is 4.90 Å². The van der Waals surface area contributed by atoms with Gasteiger partial charge in [0.05, 0.1) is 44.0 Å². The van der Waals surface area contributed by atoms with Crippen LogP contribution in [0.5, 0.6) is 0 Å². The molecule has 216 valence electrons. The van der Waals surface area contributed by atoms with Crippen LogP contribution < -0.4 is 0 Å². The number of hydrogen-bond acceptors (Lipinski definition) is 8. The minimum absolute atomic E-state index is 0.112. The summed E-state index contributed by atoms with van der Waals surface area (Å²) in [6.07, 6.45) is 10.1. The molecule has 10 nitrogen and oxygen atoms in total. The van der Waals surface area contributed by atoms with Gasteiger partial charge in [-0.05, 0) is 32.1 Å². The number of morpholine rings is 1. The van der Waals surface area contributed by atoms with E-state index in [1.165, 1.54) is 4.90 Å². The number of fused-ring (bicyclic) bond motifs is 2. The lowest BCUT2D eigenvalue weighted by Crippen LogP contribution is -2.60. The number of nitrogens with zero attached hydrogens (tertiary/aromatic N) is 3. The lowest BCUT2D eigenvalue weighted by Gasteiger charge is -2.41. The van der Waals surface area contributed by atoms with Crippen molar-refractivity contribution in [3.63, 3.8) is 0 Å². The maximum absolute atomic E-state index is 14.4. The van der Waals surface area contributed by atoms with Gasteiger partial charge in [-0.1, -0.05) is 38.2 Å². The summed E-state index contributed by atoms with van der Waals surface area (Å²) in [5.74, 6) is -2.98. The van der Waals surface area contributed by atoms with Crippen LogP contribution in [0.25, 0.3) is 0 Å². The second-order valence-electron chi connectivity index (χ2n) is 11.9. The first-order valence-corrected chi connectivity index (χ1v) is 14.5. The van der Waals surface area contributed by atoms with E-state index in [1.807, 2.05) is 45.1 Å². The maximum Gasteiger partial charge on any atom is 0.313 e. The first-order valence-electron chi connectivity index (χ1n) is 14.5. The molecule has 5 rings (SSSR count). The van der Waals surface area contributed by atoms with Gasteiger partial charge in [0, 0.05) is 32.7 Å². The monoisotopic (exact) mass is 545 g/mol. The zero-order chi connectivity index (χ0) is 27.8. The van der Waals surface area contributed by atoms with Gasteiger partial charge in [0.2, 0.25) is 11.8 Å². The third-order valence-electron chi connectivity index (χ3n) is 9.13. The zero-order valence-electron chi connectivity index (χ0n) is 23.4. The van der Waals surface area contributed by atoms with E-state index < -0.39 is 41.1 Å². The second kappa shape index (κ2) is 11.3. The molecule has 0 saturated carbocycles. The van der Waals surface area contributed by atoms with E-state index in [0.717, 1.165) is 32.4 Å². The maximum atomic E-state index is 14.4. The second-order valence-corrected chi connectivity index (χ2v) is 11.9. The molecular formula is C29H43N3O7. The summed E-state index contributed by atoms with van der Waals surface area (Å²) in [4.78, 5) is 48.0. The molecule has 3 fully saturated rings. The van der Waals surface area contributed by atoms with Crippen molar-refractivity contribution in [2.75, 3.05) is 59.2 Å². The molecule has 6 atom stereocenters. The molecule has 1 N–H and O–H groups in total. The van der Waals surface area contributed by atoms with Crippen molar-refractivity contribution in [1.29, 1.82) is 0 Å². The van der Waals surface area contributed by atoms with Gasteiger partial charge >= 0.3 is 5.97 Å². The van der Waals surface area contributed by atoms with Crippen molar-refractivity contribution in [2.45, 2.75) is 63.3 Å². The number of aliphatic hydroxyl groups excluding tert-OH is 1. The van der Waals surface area contributed by atoms with Crippen LogP contribution in [0.4, 0.5) is 0 Å². The number of allylic oxidation sites excluding steroid dienone is 1. The van der Waals surface area contributed by atoms with Gasteiger partial charge in [-0.3, -0.25) is 19.3 Å². The number of rotatable bonds is 6. The van der Waals surface area contributed by atoms with E-state index in [1.54, 1.807) is 4.90 Å². The number of carbonyl (C=O) groups is 3. The van der Waals surface area contributed by atoms with Crippen LogP contribution in [0, 0.1) is 17.8 Å². The molecule has 0 aliphatic carbocycles. The Morgan fingerprint density at radius 3 is 2.49 bits per heavy atom. The SMILES string of the molecule is CC(C)[C@H](CO)N1C(=O)[C@@H]2[C@@H]3C(=O)OCCCC/C=C\[C@]3(C)O[C@@]23C=CCN(CCN2CCOCC2)C(=O)C13. The van der Waals surface area contributed by atoms with Crippen molar-refractivity contribution in [2.24, 2.45) is 17.8 Å². The van der Waals surface area contributed by atoms with Gasteiger partial charge in [-0.2, -0.15) is 0 Å². The average Bonchev–Trinajstić information content (AvgIpc) is 3.24. The smallest absolute Gasteiger partial charge is 0.313 e. The van der Waals surface area contributed by atoms with E-state index in [4.69, 9.17) is 14.2 Å². The summed E-state index contributed by atoms with van der Waals surface area (Å²) in [5, 5.41) is 10.4.